The van der Waals surface area contributed by atoms with Crippen molar-refractivity contribution in [3.8, 4) is 5.75 Å². The molecule has 0 aromatic heterocycles. The summed E-state index contributed by atoms with van der Waals surface area (Å²) >= 11 is 0. The Hall–Kier alpha value is -2.62. The first kappa shape index (κ1) is 17.2. The van der Waals surface area contributed by atoms with Crippen LogP contribution >= 0.6 is 0 Å². The lowest BCUT2D eigenvalue weighted by molar-refractivity contribution is -0.139. The third kappa shape index (κ3) is 3.58. The SMILES string of the molecule is CCc1ccc(OC(=O)[C@H]2CC(=O)N(c3cccc(C)c3C)C2)cc1. The molecule has 2 aromatic carbocycles. The van der Waals surface area contributed by atoms with Gasteiger partial charge < -0.3 is 9.64 Å². The monoisotopic (exact) mass is 337 g/mol. The van der Waals surface area contributed by atoms with Crippen LogP contribution in [-0.2, 0) is 16.0 Å². The van der Waals surface area contributed by atoms with Gasteiger partial charge in [0.05, 0.1) is 5.92 Å². The molecule has 1 saturated heterocycles. The molecule has 1 aliphatic heterocycles. The first-order valence-corrected chi connectivity index (χ1v) is 8.66. The van der Waals surface area contributed by atoms with Gasteiger partial charge in [0.15, 0.2) is 0 Å². The fourth-order valence-electron chi connectivity index (χ4n) is 3.12. The van der Waals surface area contributed by atoms with E-state index in [4.69, 9.17) is 4.74 Å². The molecule has 0 bridgehead atoms. The van der Waals surface area contributed by atoms with E-state index in [1.165, 1.54) is 5.56 Å². The summed E-state index contributed by atoms with van der Waals surface area (Å²) in [4.78, 5) is 26.6. The molecular formula is C21H23NO3. The summed E-state index contributed by atoms with van der Waals surface area (Å²) in [5, 5.41) is 0. The number of benzene rings is 2. The molecule has 0 unspecified atom stereocenters. The Morgan fingerprint density at radius 2 is 1.88 bits per heavy atom. The smallest absolute Gasteiger partial charge is 0.316 e. The summed E-state index contributed by atoms with van der Waals surface area (Å²) in [6.45, 7) is 6.46. The Balaban J connectivity index is 1.71. The highest BCUT2D eigenvalue weighted by Gasteiger charge is 2.37. The minimum Gasteiger partial charge on any atom is -0.426 e. The predicted octanol–water partition coefficient (Wildman–Crippen LogP) is 3.82. The highest BCUT2D eigenvalue weighted by atomic mass is 16.5. The number of amides is 1. The molecule has 0 saturated carbocycles. The third-order valence-corrected chi connectivity index (χ3v) is 4.88. The summed E-state index contributed by atoms with van der Waals surface area (Å²) in [5.41, 5.74) is 4.27. The quantitative estimate of drug-likeness (QED) is 0.629. The highest BCUT2D eigenvalue weighted by Crippen LogP contribution is 2.30. The molecule has 1 amide bonds. The summed E-state index contributed by atoms with van der Waals surface area (Å²) in [7, 11) is 0. The van der Waals surface area contributed by atoms with Gasteiger partial charge in [-0.15, -0.1) is 0 Å². The number of aryl methyl sites for hydroxylation is 2. The Labute approximate surface area is 148 Å². The average Bonchev–Trinajstić information content (AvgIpc) is 3.00. The number of ether oxygens (including phenoxy) is 1. The standard InChI is InChI=1S/C21H23NO3/c1-4-16-8-10-18(11-9-16)25-21(24)17-12-20(23)22(13-17)19-7-5-6-14(2)15(19)3/h5-11,17H,4,12-13H2,1-3H3/t17-/m0/s1. The van der Waals surface area contributed by atoms with E-state index in [2.05, 4.69) is 6.92 Å². The second kappa shape index (κ2) is 7.09. The van der Waals surface area contributed by atoms with Crippen LogP contribution in [0.25, 0.3) is 0 Å². The largest absolute Gasteiger partial charge is 0.426 e. The van der Waals surface area contributed by atoms with E-state index < -0.39 is 5.92 Å². The van der Waals surface area contributed by atoms with Gasteiger partial charge in [-0.25, -0.2) is 0 Å². The van der Waals surface area contributed by atoms with E-state index in [-0.39, 0.29) is 18.3 Å². The van der Waals surface area contributed by atoms with Gasteiger partial charge in [-0.1, -0.05) is 31.2 Å². The minimum absolute atomic E-state index is 0.0306. The number of hydrogen-bond acceptors (Lipinski definition) is 3. The second-order valence-electron chi connectivity index (χ2n) is 6.54. The number of nitrogens with zero attached hydrogens (tertiary/aromatic N) is 1. The van der Waals surface area contributed by atoms with Gasteiger partial charge in [0.1, 0.15) is 5.75 Å². The zero-order chi connectivity index (χ0) is 18.0. The normalized spacial score (nSPS) is 17.0. The van der Waals surface area contributed by atoms with Crippen molar-refractivity contribution in [1.82, 2.24) is 0 Å². The summed E-state index contributed by atoms with van der Waals surface area (Å²) < 4.78 is 5.47. The van der Waals surface area contributed by atoms with Crippen molar-refractivity contribution >= 4 is 17.6 Å². The molecule has 0 N–H and O–H groups in total. The first-order chi connectivity index (χ1) is 12.0. The van der Waals surface area contributed by atoms with Crippen LogP contribution in [0.15, 0.2) is 42.5 Å². The van der Waals surface area contributed by atoms with Crippen molar-refractivity contribution < 1.29 is 14.3 Å². The fraction of sp³-hybridized carbons (Fsp3) is 0.333. The average molecular weight is 337 g/mol. The number of hydrogen-bond donors (Lipinski definition) is 0. The maximum atomic E-state index is 12.4. The van der Waals surface area contributed by atoms with Crippen LogP contribution in [0.3, 0.4) is 0 Å². The van der Waals surface area contributed by atoms with Gasteiger partial charge in [0, 0.05) is 18.7 Å². The van der Waals surface area contributed by atoms with Crippen LogP contribution in [0.2, 0.25) is 0 Å². The molecule has 2 aromatic rings. The zero-order valence-electron chi connectivity index (χ0n) is 14.9. The Morgan fingerprint density at radius 3 is 2.56 bits per heavy atom. The van der Waals surface area contributed by atoms with Crippen molar-refractivity contribution in [2.75, 3.05) is 11.4 Å². The van der Waals surface area contributed by atoms with Crippen LogP contribution in [0.1, 0.15) is 30.0 Å². The Bertz CT molecular complexity index is 795. The molecule has 130 valence electrons. The summed E-state index contributed by atoms with van der Waals surface area (Å²) in [6, 6.07) is 13.4. The van der Waals surface area contributed by atoms with Crippen molar-refractivity contribution in [2.45, 2.75) is 33.6 Å². The van der Waals surface area contributed by atoms with Gasteiger partial charge in [-0.05, 0) is 55.2 Å². The molecular weight excluding hydrogens is 314 g/mol. The van der Waals surface area contributed by atoms with Gasteiger partial charge in [0.2, 0.25) is 5.91 Å². The van der Waals surface area contributed by atoms with Gasteiger partial charge in [-0.2, -0.15) is 0 Å². The van der Waals surface area contributed by atoms with Gasteiger partial charge >= 0.3 is 5.97 Å². The van der Waals surface area contributed by atoms with Crippen LogP contribution < -0.4 is 9.64 Å². The van der Waals surface area contributed by atoms with E-state index >= 15 is 0 Å². The Kier molecular flexibility index (Phi) is 4.88. The van der Waals surface area contributed by atoms with Crippen molar-refractivity contribution in [2.24, 2.45) is 5.92 Å². The number of esters is 1. The maximum absolute atomic E-state index is 12.4. The molecule has 0 spiro atoms. The van der Waals surface area contributed by atoms with E-state index in [9.17, 15) is 9.59 Å². The molecule has 3 rings (SSSR count). The molecule has 1 fully saturated rings. The molecule has 1 aliphatic rings. The van der Waals surface area contributed by atoms with Crippen LogP contribution in [0, 0.1) is 19.8 Å². The summed E-state index contributed by atoms with van der Waals surface area (Å²) in [5.74, 6) is -0.277. The number of carbonyl (C=O) groups excluding carboxylic acids is 2. The minimum atomic E-state index is -0.432. The molecule has 1 heterocycles. The molecule has 1 atom stereocenters. The summed E-state index contributed by atoms with van der Waals surface area (Å²) in [6.07, 6.45) is 1.13. The second-order valence-corrected chi connectivity index (χ2v) is 6.54. The van der Waals surface area contributed by atoms with E-state index in [0.29, 0.717) is 12.3 Å². The van der Waals surface area contributed by atoms with Crippen LogP contribution in [-0.4, -0.2) is 18.4 Å². The van der Waals surface area contributed by atoms with E-state index in [1.54, 1.807) is 17.0 Å². The van der Waals surface area contributed by atoms with Crippen LogP contribution in [0.5, 0.6) is 5.75 Å². The first-order valence-electron chi connectivity index (χ1n) is 8.66. The molecule has 4 heteroatoms. The highest BCUT2D eigenvalue weighted by molar-refractivity contribution is 6.00. The molecule has 4 nitrogen and oxygen atoms in total. The van der Waals surface area contributed by atoms with Crippen molar-refractivity contribution in [3.05, 3.63) is 59.2 Å². The fourth-order valence-corrected chi connectivity index (χ4v) is 3.12. The lowest BCUT2D eigenvalue weighted by Crippen LogP contribution is -2.28. The molecule has 25 heavy (non-hydrogen) atoms. The van der Waals surface area contributed by atoms with E-state index in [0.717, 1.165) is 23.2 Å². The maximum Gasteiger partial charge on any atom is 0.316 e. The lowest BCUT2D eigenvalue weighted by Gasteiger charge is -2.20. The third-order valence-electron chi connectivity index (χ3n) is 4.88. The van der Waals surface area contributed by atoms with E-state index in [1.807, 2.05) is 44.2 Å². The lowest BCUT2D eigenvalue weighted by atomic mass is 10.1. The van der Waals surface area contributed by atoms with Crippen molar-refractivity contribution in [1.29, 1.82) is 0 Å². The number of rotatable bonds is 4. The van der Waals surface area contributed by atoms with Gasteiger partial charge in [-0.3, -0.25) is 9.59 Å². The predicted molar refractivity (Wildman–Crippen MR) is 97.8 cm³/mol. The number of anilines is 1. The Morgan fingerprint density at radius 1 is 1.16 bits per heavy atom. The van der Waals surface area contributed by atoms with Gasteiger partial charge in [0.25, 0.3) is 0 Å². The molecule has 0 radical (unpaired) electrons. The number of carbonyl (C=O) groups is 2. The van der Waals surface area contributed by atoms with Crippen LogP contribution in [0.4, 0.5) is 5.69 Å². The topological polar surface area (TPSA) is 46.6 Å². The van der Waals surface area contributed by atoms with Crippen molar-refractivity contribution in [3.63, 3.8) is 0 Å². The molecule has 0 aliphatic carbocycles. The zero-order valence-corrected chi connectivity index (χ0v) is 14.9.